The maximum atomic E-state index is 14.1. The molecule has 4 amide bonds. The number of amides is 4. The van der Waals surface area contributed by atoms with Crippen LogP contribution in [0, 0.1) is 0 Å². The van der Waals surface area contributed by atoms with Gasteiger partial charge in [-0.05, 0) is 39.6 Å². The standard InChI is InChI=1S/C33H32N4O4.H2/c38-27-15-13-23(14-16-27)19-29-32(40)35(21-26-11-6-10-25-9-4-5-12-28(25)26)22-30-36(18-17-31(39)37(29)30)33(41)34-20-24-7-2-1-3-8-24;/h1-16,29-30,38H,17-22H2,(H,34,41);1H/t29-,30+;/m0./s1. The second kappa shape index (κ2) is 11.3. The molecule has 0 spiro atoms. The normalized spacial score (nSPS) is 18.9. The van der Waals surface area contributed by atoms with Crippen molar-refractivity contribution in [2.24, 2.45) is 0 Å². The third-order valence-corrected chi connectivity index (χ3v) is 8.01. The first-order chi connectivity index (χ1) is 20.0. The van der Waals surface area contributed by atoms with Crippen LogP contribution in [0.1, 0.15) is 24.5 Å². The molecule has 2 heterocycles. The maximum absolute atomic E-state index is 14.1. The number of nitrogens with zero attached hydrogens (tertiary/aromatic N) is 3. The van der Waals surface area contributed by atoms with Crippen LogP contribution in [0.25, 0.3) is 10.8 Å². The maximum Gasteiger partial charge on any atom is 0.319 e. The Balaban J connectivity index is 0.00000353. The van der Waals surface area contributed by atoms with Gasteiger partial charge in [0.2, 0.25) is 11.8 Å². The molecule has 0 aromatic heterocycles. The van der Waals surface area contributed by atoms with Gasteiger partial charge >= 0.3 is 6.03 Å². The van der Waals surface area contributed by atoms with E-state index in [1.54, 1.807) is 39.0 Å². The third-order valence-electron chi connectivity index (χ3n) is 8.01. The lowest BCUT2D eigenvalue weighted by atomic mass is 9.96. The van der Waals surface area contributed by atoms with E-state index in [2.05, 4.69) is 5.32 Å². The lowest BCUT2D eigenvalue weighted by molar-refractivity contribution is -0.167. The Labute approximate surface area is 240 Å². The summed E-state index contributed by atoms with van der Waals surface area (Å²) in [6.07, 6.45) is -0.160. The van der Waals surface area contributed by atoms with Crippen molar-refractivity contribution < 1.29 is 20.9 Å². The van der Waals surface area contributed by atoms with Gasteiger partial charge in [-0.3, -0.25) is 9.59 Å². The smallest absolute Gasteiger partial charge is 0.319 e. The molecule has 210 valence electrons. The van der Waals surface area contributed by atoms with E-state index in [9.17, 15) is 19.5 Å². The molecule has 8 nitrogen and oxygen atoms in total. The summed E-state index contributed by atoms with van der Waals surface area (Å²) in [6.45, 7) is 1.23. The number of carbonyl (C=O) groups excluding carboxylic acids is 3. The first-order valence-corrected chi connectivity index (χ1v) is 13.9. The largest absolute Gasteiger partial charge is 0.508 e. The number of urea groups is 1. The van der Waals surface area contributed by atoms with Gasteiger partial charge in [0, 0.05) is 33.9 Å². The molecular formula is C33H34N4O4. The van der Waals surface area contributed by atoms with Crippen molar-refractivity contribution in [2.45, 2.75) is 38.1 Å². The van der Waals surface area contributed by atoms with Gasteiger partial charge in [0.15, 0.2) is 0 Å². The van der Waals surface area contributed by atoms with Gasteiger partial charge in [-0.15, -0.1) is 0 Å². The molecule has 2 fully saturated rings. The first kappa shape index (κ1) is 26.4. The highest BCUT2D eigenvalue weighted by molar-refractivity contribution is 5.92. The number of rotatable bonds is 6. The van der Waals surface area contributed by atoms with Gasteiger partial charge in [0.05, 0.1) is 6.54 Å². The van der Waals surface area contributed by atoms with E-state index >= 15 is 0 Å². The van der Waals surface area contributed by atoms with Gasteiger partial charge in [-0.2, -0.15) is 0 Å². The lowest BCUT2D eigenvalue weighted by Gasteiger charge is -2.52. The predicted octanol–water partition coefficient (Wildman–Crippen LogP) is 4.52. The number of piperazine rings is 1. The minimum atomic E-state index is -0.773. The molecule has 0 bridgehead atoms. The van der Waals surface area contributed by atoms with E-state index in [0.717, 1.165) is 27.5 Å². The third kappa shape index (κ3) is 5.45. The number of nitrogens with one attached hydrogen (secondary N) is 1. The highest BCUT2D eigenvalue weighted by Gasteiger charge is 2.48. The number of hydrogen-bond acceptors (Lipinski definition) is 4. The van der Waals surface area contributed by atoms with Gasteiger partial charge < -0.3 is 25.1 Å². The van der Waals surface area contributed by atoms with Crippen LogP contribution in [-0.4, -0.2) is 62.9 Å². The summed E-state index contributed by atoms with van der Waals surface area (Å²) in [4.78, 5) is 46.0. The summed E-state index contributed by atoms with van der Waals surface area (Å²) in [5, 5.41) is 14.9. The van der Waals surface area contributed by atoms with Crippen molar-refractivity contribution >= 4 is 28.6 Å². The minimum absolute atomic E-state index is 0. The van der Waals surface area contributed by atoms with Crippen LogP contribution in [0.4, 0.5) is 4.79 Å². The number of fused-ring (bicyclic) bond motifs is 2. The lowest BCUT2D eigenvalue weighted by Crippen LogP contribution is -2.72. The number of aromatic hydroxyl groups is 1. The van der Waals surface area contributed by atoms with E-state index in [4.69, 9.17) is 0 Å². The molecule has 0 aliphatic carbocycles. The Morgan fingerprint density at radius 1 is 0.878 bits per heavy atom. The summed E-state index contributed by atoms with van der Waals surface area (Å²) in [6, 6.07) is 29.4. The number of hydrogen-bond donors (Lipinski definition) is 2. The molecule has 2 aliphatic rings. The summed E-state index contributed by atoms with van der Waals surface area (Å²) >= 11 is 0. The molecule has 4 aromatic carbocycles. The van der Waals surface area contributed by atoms with Crippen molar-refractivity contribution in [3.63, 3.8) is 0 Å². The minimum Gasteiger partial charge on any atom is -0.508 e. The van der Waals surface area contributed by atoms with Crippen molar-refractivity contribution in [3.8, 4) is 5.75 Å². The highest BCUT2D eigenvalue weighted by Crippen LogP contribution is 2.30. The van der Waals surface area contributed by atoms with Crippen molar-refractivity contribution in [2.75, 3.05) is 13.1 Å². The Morgan fingerprint density at radius 2 is 1.61 bits per heavy atom. The summed E-state index contributed by atoms with van der Waals surface area (Å²) in [5.41, 5.74) is 2.81. The van der Waals surface area contributed by atoms with Gasteiger partial charge in [-0.25, -0.2) is 4.79 Å². The second-order valence-electron chi connectivity index (χ2n) is 10.6. The first-order valence-electron chi connectivity index (χ1n) is 13.9. The Kier molecular flexibility index (Phi) is 7.29. The average molecular weight is 551 g/mol. The fraction of sp³-hybridized carbons (Fsp3) is 0.242. The molecule has 0 unspecified atom stereocenters. The van der Waals surface area contributed by atoms with Crippen LogP contribution in [-0.2, 0) is 29.1 Å². The van der Waals surface area contributed by atoms with E-state index < -0.39 is 12.2 Å². The van der Waals surface area contributed by atoms with Crippen molar-refractivity contribution in [1.29, 1.82) is 0 Å². The molecule has 4 aromatic rings. The summed E-state index contributed by atoms with van der Waals surface area (Å²) in [7, 11) is 0. The van der Waals surface area contributed by atoms with Gasteiger partial charge in [0.25, 0.3) is 0 Å². The number of carbonyl (C=O) groups is 3. The SMILES string of the molecule is O=C1[C@H](Cc2ccc(O)cc2)N2C(=O)CCN(C(=O)NCc3ccccc3)[C@H]2CN1Cc1cccc2ccccc12.[HH]. The number of phenolic OH excluding ortho intramolecular Hbond substituents is 1. The average Bonchev–Trinajstić information content (AvgIpc) is 3.00. The van der Waals surface area contributed by atoms with E-state index in [0.29, 0.717) is 13.1 Å². The van der Waals surface area contributed by atoms with Crippen molar-refractivity contribution in [1.82, 2.24) is 20.0 Å². The van der Waals surface area contributed by atoms with Gasteiger partial charge in [0.1, 0.15) is 18.0 Å². The molecule has 2 saturated heterocycles. The Morgan fingerprint density at radius 3 is 2.41 bits per heavy atom. The number of phenols is 1. The van der Waals surface area contributed by atoms with Crippen LogP contribution in [0.3, 0.4) is 0 Å². The fourth-order valence-corrected chi connectivity index (χ4v) is 5.93. The Bertz CT molecular complexity index is 1580. The highest BCUT2D eigenvalue weighted by atomic mass is 16.3. The topological polar surface area (TPSA) is 93.2 Å². The van der Waals surface area contributed by atoms with Crippen molar-refractivity contribution in [3.05, 3.63) is 114 Å². The van der Waals surface area contributed by atoms with Crippen LogP contribution >= 0.6 is 0 Å². The molecule has 2 N–H and O–H groups in total. The molecule has 2 aliphatic heterocycles. The summed E-state index contributed by atoms with van der Waals surface area (Å²) in [5.74, 6) is -0.152. The zero-order chi connectivity index (χ0) is 28.3. The van der Waals surface area contributed by atoms with Crippen LogP contribution in [0.5, 0.6) is 5.75 Å². The fourth-order valence-electron chi connectivity index (χ4n) is 5.93. The second-order valence-corrected chi connectivity index (χ2v) is 10.6. The number of benzene rings is 4. The Hall–Kier alpha value is -4.85. The van der Waals surface area contributed by atoms with E-state index in [1.165, 1.54) is 0 Å². The molecule has 41 heavy (non-hydrogen) atoms. The molecule has 8 heteroatoms. The quantitative estimate of drug-likeness (QED) is 0.369. The van der Waals surface area contributed by atoms with Crippen LogP contribution in [0.2, 0.25) is 0 Å². The monoisotopic (exact) mass is 550 g/mol. The van der Waals surface area contributed by atoms with Gasteiger partial charge in [-0.1, -0.05) is 84.9 Å². The molecular weight excluding hydrogens is 516 g/mol. The zero-order valence-corrected chi connectivity index (χ0v) is 22.6. The van der Waals surface area contributed by atoms with E-state index in [1.807, 2.05) is 72.8 Å². The van der Waals surface area contributed by atoms with Crippen LogP contribution < -0.4 is 5.32 Å². The zero-order valence-electron chi connectivity index (χ0n) is 22.6. The van der Waals surface area contributed by atoms with E-state index in [-0.39, 0.29) is 51.0 Å². The predicted molar refractivity (Wildman–Crippen MR) is 158 cm³/mol. The molecule has 0 radical (unpaired) electrons. The summed E-state index contributed by atoms with van der Waals surface area (Å²) < 4.78 is 0. The van der Waals surface area contributed by atoms with Crippen LogP contribution in [0.15, 0.2) is 97.1 Å². The molecule has 2 atom stereocenters. The molecule has 0 saturated carbocycles. The molecule has 6 rings (SSSR count).